The Labute approximate surface area is 196 Å². The zero-order valence-corrected chi connectivity index (χ0v) is 18.1. The zero-order chi connectivity index (χ0) is 25.4. The third kappa shape index (κ3) is 4.62. The average molecular weight is 453 g/mol. The molecule has 5 rings (SSSR count). The number of amides is 3. The van der Waals surface area contributed by atoms with Gasteiger partial charge in [0.15, 0.2) is 0 Å². The predicted octanol–water partition coefficient (Wildman–Crippen LogP) is 1.86. The Morgan fingerprint density at radius 2 is 1.94 bits per heavy atom. The van der Waals surface area contributed by atoms with E-state index >= 15 is 0 Å². The molecule has 3 amide bonds. The molecule has 2 fully saturated rings. The first kappa shape index (κ1) is 18.2. The van der Waals surface area contributed by atoms with Crippen LogP contribution >= 0.6 is 0 Å². The number of morpholine rings is 1. The molecular formula is C25H27N3O5. The lowest BCUT2D eigenvalue weighted by Crippen LogP contribution is -2.52. The summed E-state index contributed by atoms with van der Waals surface area (Å²) in [5.74, 6) is -0.589. The minimum Gasteiger partial charge on any atom is -0.489 e. The quantitative estimate of drug-likeness (QED) is 0.674. The van der Waals surface area contributed by atoms with Crippen LogP contribution in [0.25, 0.3) is 0 Å². The number of piperidine rings is 1. The zero-order valence-electron chi connectivity index (χ0n) is 21.1. The van der Waals surface area contributed by atoms with Crippen molar-refractivity contribution in [3.05, 3.63) is 64.7 Å². The standard InChI is InChI=1S/C25H27N3O5/c29-23-9-8-21(24(30)26-23)28-15-20-19(25(28)31)2-1-3-22(20)33-16-18-6-4-17(5-7-18)14-27-10-12-32-13-11-27/h1-7,21H,8-16H2,(H,26,29,30)/i6D,14D2. The van der Waals surface area contributed by atoms with Gasteiger partial charge < -0.3 is 14.4 Å². The van der Waals surface area contributed by atoms with Crippen LogP contribution < -0.4 is 10.1 Å². The van der Waals surface area contributed by atoms with Gasteiger partial charge in [-0.05, 0) is 29.7 Å². The molecule has 0 aliphatic carbocycles. The van der Waals surface area contributed by atoms with Crippen molar-refractivity contribution < 1.29 is 28.0 Å². The van der Waals surface area contributed by atoms with Crippen molar-refractivity contribution in [2.75, 3.05) is 26.3 Å². The Morgan fingerprint density at radius 1 is 1.12 bits per heavy atom. The molecule has 3 aliphatic rings. The first-order chi connectivity index (χ1) is 17.3. The molecule has 3 aliphatic heterocycles. The van der Waals surface area contributed by atoms with E-state index in [4.69, 9.17) is 13.6 Å². The van der Waals surface area contributed by atoms with Gasteiger partial charge in [-0.25, -0.2) is 0 Å². The number of fused-ring (bicyclic) bond motifs is 1. The van der Waals surface area contributed by atoms with Gasteiger partial charge in [0, 0.05) is 39.9 Å². The maximum atomic E-state index is 13.0. The van der Waals surface area contributed by atoms with E-state index in [2.05, 4.69) is 5.32 Å². The second-order valence-electron chi connectivity index (χ2n) is 8.28. The van der Waals surface area contributed by atoms with Crippen LogP contribution in [0.15, 0.2) is 42.4 Å². The summed E-state index contributed by atoms with van der Waals surface area (Å²) in [7, 11) is 0. The molecule has 0 saturated carbocycles. The van der Waals surface area contributed by atoms with Gasteiger partial charge in [0.2, 0.25) is 11.8 Å². The summed E-state index contributed by atoms with van der Waals surface area (Å²) >= 11 is 0. The van der Waals surface area contributed by atoms with E-state index in [9.17, 15) is 14.4 Å². The van der Waals surface area contributed by atoms with Crippen molar-refractivity contribution in [3.8, 4) is 5.75 Å². The highest BCUT2D eigenvalue weighted by molar-refractivity contribution is 6.05. The van der Waals surface area contributed by atoms with E-state index in [1.807, 2.05) is 0 Å². The number of hydrogen-bond donors (Lipinski definition) is 1. The maximum absolute atomic E-state index is 13.0. The van der Waals surface area contributed by atoms with Crippen LogP contribution in [0.5, 0.6) is 5.75 Å². The maximum Gasteiger partial charge on any atom is 0.255 e. The van der Waals surface area contributed by atoms with Crippen LogP contribution in [0.2, 0.25) is 0 Å². The lowest BCUT2D eigenvalue weighted by atomic mass is 10.0. The Hall–Kier alpha value is -3.23. The summed E-state index contributed by atoms with van der Waals surface area (Å²) < 4.78 is 36.8. The van der Waals surface area contributed by atoms with Crippen molar-refractivity contribution in [1.82, 2.24) is 15.1 Å². The lowest BCUT2D eigenvalue weighted by Gasteiger charge is -2.29. The number of imide groups is 1. The molecule has 1 N–H and O–H groups in total. The van der Waals surface area contributed by atoms with E-state index < -0.39 is 18.4 Å². The summed E-state index contributed by atoms with van der Waals surface area (Å²) in [5, 5.41) is 2.30. The lowest BCUT2D eigenvalue weighted by molar-refractivity contribution is -0.136. The number of rotatable bonds is 6. The second-order valence-corrected chi connectivity index (χ2v) is 8.28. The summed E-state index contributed by atoms with van der Waals surface area (Å²) in [4.78, 5) is 40.0. The van der Waals surface area contributed by atoms with E-state index in [-0.39, 0.29) is 43.9 Å². The minimum absolute atomic E-state index is 0.0722. The van der Waals surface area contributed by atoms with Gasteiger partial charge in [-0.2, -0.15) is 0 Å². The van der Waals surface area contributed by atoms with Crippen LogP contribution in [-0.2, 0) is 34.0 Å². The summed E-state index contributed by atoms with van der Waals surface area (Å²) in [6, 6.07) is 9.50. The Morgan fingerprint density at radius 3 is 2.73 bits per heavy atom. The largest absolute Gasteiger partial charge is 0.489 e. The van der Waals surface area contributed by atoms with Crippen LogP contribution in [0.3, 0.4) is 0 Å². The molecule has 0 aromatic heterocycles. The van der Waals surface area contributed by atoms with E-state index in [0.717, 1.165) is 0 Å². The number of nitrogens with zero attached hydrogens (tertiary/aromatic N) is 2. The van der Waals surface area contributed by atoms with Gasteiger partial charge in [0.1, 0.15) is 18.4 Å². The molecule has 2 aromatic carbocycles. The third-order valence-corrected chi connectivity index (χ3v) is 6.10. The van der Waals surface area contributed by atoms with Crippen molar-refractivity contribution in [1.29, 1.82) is 0 Å². The molecule has 8 heteroatoms. The summed E-state index contributed by atoms with van der Waals surface area (Å²) in [6.07, 6.45) is 0.471. The van der Waals surface area contributed by atoms with E-state index in [0.29, 0.717) is 54.3 Å². The number of benzene rings is 2. The fourth-order valence-corrected chi connectivity index (χ4v) is 4.32. The molecule has 1 atom stereocenters. The van der Waals surface area contributed by atoms with E-state index in [1.165, 1.54) is 11.0 Å². The highest BCUT2D eigenvalue weighted by atomic mass is 16.5. The average Bonchev–Trinajstić information content (AvgIpc) is 3.20. The van der Waals surface area contributed by atoms with Crippen molar-refractivity contribution in [3.63, 3.8) is 0 Å². The summed E-state index contributed by atoms with van der Waals surface area (Å²) in [5.41, 5.74) is 2.11. The topological polar surface area (TPSA) is 88.2 Å². The smallest absolute Gasteiger partial charge is 0.255 e. The number of carbonyl (C=O) groups is 3. The fraction of sp³-hybridized carbons (Fsp3) is 0.400. The van der Waals surface area contributed by atoms with Crippen LogP contribution in [-0.4, -0.2) is 59.9 Å². The molecule has 2 saturated heterocycles. The Bertz CT molecular complexity index is 1220. The van der Waals surface area contributed by atoms with Gasteiger partial charge >= 0.3 is 0 Å². The highest BCUT2D eigenvalue weighted by Crippen LogP contribution is 2.34. The molecule has 0 bridgehead atoms. The van der Waals surface area contributed by atoms with Gasteiger partial charge in [-0.1, -0.05) is 30.3 Å². The van der Waals surface area contributed by atoms with Gasteiger partial charge in [0.05, 0.1) is 21.1 Å². The molecule has 33 heavy (non-hydrogen) atoms. The van der Waals surface area contributed by atoms with Crippen molar-refractivity contribution >= 4 is 17.7 Å². The number of ether oxygens (including phenoxy) is 2. The first-order valence-corrected chi connectivity index (χ1v) is 11.1. The van der Waals surface area contributed by atoms with Crippen LogP contribution in [0.4, 0.5) is 0 Å². The molecule has 0 spiro atoms. The minimum atomic E-state index is -1.71. The second kappa shape index (κ2) is 9.33. The van der Waals surface area contributed by atoms with Gasteiger partial charge in [0.25, 0.3) is 5.91 Å². The molecule has 0 radical (unpaired) electrons. The van der Waals surface area contributed by atoms with E-state index in [1.54, 1.807) is 35.2 Å². The Balaban J connectivity index is 1.30. The third-order valence-electron chi connectivity index (χ3n) is 6.10. The fourth-order valence-electron chi connectivity index (χ4n) is 4.32. The molecule has 1 unspecified atom stereocenters. The van der Waals surface area contributed by atoms with Crippen LogP contribution in [0.1, 0.15) is 44.0 Å². The normalized spacial score (nSPS) is 22.9. The van der Waals surface area contributed by atoms with Crippen LogP contribution in [0, 0.1) is 0 Å². The Kier molecular flexibility index (Phi) is 5.15. The molecule has 2 aromatic rings. The molecule has 3 heterocycles. The molecular weight excluding hydrogens is 422 g/mol. The van der Waals surface area contributed by atoms with Gasteiger partial charge in [-0.15, -0.1) is 0 Å². The van der Waals surface area contributed by atoms with Gasteiger partial charge in [-0.3, -0.25) is 24.6 Å². The SMILES string of the molecule is [2H]c1cc(C([2H])([2H])N2CCOCC2)ccc1COc1cccc2c1CN(C1CCC(=O)NC1=O)C2=O. The predicted molar refractivity (Wildman–Crippen MR) is 119 cm³/mol. The first-order valence-electron chi connectivity index (χ1n) is 12.6. The summed E-state index contributed by atoms with van der Waals surface area (Å²) in [6.45, 7) is 0.483. The number of nitrogens with one attached hydrogen (secondary N) is 1. The number of hydrogen-bond acceptors (Lipinski definition) is 6. The van der Waals surface area contributed by atoms with Crippen molar-refractivity contribution in [2.24, 2.45) is 0 Å². The monoisotopic (exact) mass is 452 g/mol. The highest BCUT2D eigenvalue weighted by Gasteiger charge is 2.40. The van der Waals surface area contributed by atoms with Crippen molar-refractivity contribution in [2.45, 2.75) is 38.5 Å². The molecule has 172 valence electrons. The molecule has 8 nitrogen and oxygen atoms in total. The number of carbonyl (C=O) groups excluding carboxylic acids is 3.